The summed E-state index contributed by atoms with van der Waals surface area (Å²) in [4.78, 5) is 26.0. The van der Waals surface area contributed by atoms with E-state index < -0.39 is 10.5 Å². The maximum absolute atomic E-state index is 11.7. The number of carbonyl (C=O) groups is 1. The molecule has 6 heteroatoms. The molecule has 0 amide bonds. The van der Waals surface area contributed by atoms with E-state index in [0.29, 0.717) is 12.3 Å². The van der Waals surface area contributed by atoms with Gasteiger partial charge in [0, 0.05) is 25.0 Å². The summed E-state index contributed by atoms with van der Waals surface area (Å²) in [5.41, 5.74) is 0.165. The third-order valence-corrected chi connectivity index (χ3v) is 3.39. The van der Waals surface area contributed by atoms with Crippen LogP contribution in [0.2, 0.25) is 0 Å². The highest BCUT2D eigenvalue weighted by molar-refractivity contribution is 6.02. The molecule has 1 fully saturated rings. The van der Waals surface area contributed by atoms with Gasteiger partial charge in [0.15, 0.2) is 11.4 Å². The van der Waals surface area contributed by atoms with E-state index in [1.165, 1.54) is 12.1 Å². The first-order valence-corrected chi connectivity index (χ1v) is 5.56. The Bertz CT molecular complexity index is 578. The van der Waals surface area contributed by atoms with E-state index in [1.807, 2.05) is 0 Å². The number of nitrogens with zero attached hydrogens (tertiary/aromatic N) is 2. The number of rotatable bonds is 2. The maximum atomic E-state index is 11.7. The molecule has 0 N–H and O–H groups in total. The first kappa shape index (κ1) is 10.9. The van der Waals surface area contributed by atoms with Gasteiger partial charge in [-0.15, -0.1) is 0 Å². The summed E-state index contributed by atoms with van der Waals surface area (Å²) < 4.78 is 4.96. The summed E-state index contributed by atoms with van der Waals surface area (Å²) in [7, 11) is 0. The minimum atomic E-state index is -0.764. The molecule has 1 spiro atoms. The van der Waals surface area contributed by atoms with Crippen molar-refractivity contribution in [2.45, 2.75) is 24.8 Å². The van der Waals surface area contributed by atoms with Crippen LogP contribution in [0.3, 0.4) is 0 Å². The van der Waals surface area contributed by atoms with Crippen LogP contribution in [0.25, 0.3) is 0 Å². The van der Waals surface area contributed by atoms with Gasteiger partial charge in [0.25, 0.3) is 5.69 Å². The zero-order valence-corrected chi connectivity index (χ0v) is 9.62. The Morgan fingerprint density at radius 2 is 2.11 bits per heavy atom. The van der Waals surface area contributed by atoms with E-state index in [9.17, 15) is 14.9 Å². The highest BCUT2D eigenvalue weighted by atomic mass is 16.6. The number of non-ortho nitro benzene ring substituents is 1. The number of aliphatic imine (C=N–C) groups is 1. The van der Waals surface area contributed by atoms with Crippen LogP contribution >= 0.6 is 0 Å². The molecule has 6 nitrogen and oxygen atoms in total. The first-order chi connectivity index (χ1) is 8.53. The number of nitro benzene ring substituents is 1. The Morgan fingerprint density at radius 3 is 2.61 bits per heavy atom. The second-order valence-electron chi connectivity index (χ2n) is 4.55. The van der Waals surface area contributed by atoms with Crippen LogP contribution in [0.15, 0.2) is 29.3 Å². The van der Waals surface area contributed by atoms with Crippen LogP contribution in [0.5, 0.6) is 0 Å². The minimum Gasteiger partial charge on any atom is -0.410 e. The van der Waals surface area contributed by atoms with Crippen LogP contribution < -0.4 is 0 Å². The van der Waals surface area contributed by atoms with Crippen molar-refractivity contribution in [2.24, 2.45) is 4.99 Å². The monoisotopic (exact) mass is 246 g/mol. The molecule has 3 rings (SSSR count). The third-order valence-electron chi connectivity index (χ3n) is 3.39. The fourth-order valence-corrected chi connectivity index (χ4v) is 2.40. The standard InChI is InChI=1S/C12H10N2O4/c1-7-13-12(11(15)18-7)6-10(12)8-2-4-9(5-3-8)14(16)17/h2-5,10H,6H2,1H3/t10-,12+/m0/s1. The zero-order chi connectivity index (χ0) is 12.9. The lowest BCUT2D eigenvalue weighted by Gasteiger charge is -2.02. The summed E-state index contributed by atoms with van der Waals surface area (Å²) in [6, 6.07) is 6.23. The summed E-state index contributed by atoms with van der Waals surface area (Å²) in [5.74, 6) is 0.0519. The Labute approximate surface area is 102 Å². The smallest absolute Gasteiger partial charge is 0.341 e. The molecule has 1 aromatic rings. The van der Waals surface area contributed by atoms with Crippen molar-refractivity contribution in [2.75, 3.05) is 0 Å². The Kier molecular flexibility index (Phi) is 2.04. The normalized spacial score (nSPS) is 29.1. The molecule has 92 valence electrons. The fourth-order valence-electron chi connectivity index (χ4n) is 2.40. The van der Waals surface area contributed by atoms with Crippen LogP contribution in [0.1, 0.15) is 24.8 Å². The number of carbonyl (C=O) groups excluding carboxylic acids is 1. The molecule has 1 aliphatic heterocycles. The van der Waals surface area contributed by atoms with E-state index in [1.54, 1.807) is 19.1 Å². The topological polar surface area (TPSA) is 81.8 Å². The molecule has 1 aromatic carbocycles. The summed E-state index contributed by atoms with van der Waals surface area (Å²) in [6.07, 6.45) is 0.612. The molecule has 18 heavy (non-hydrogen) atoms. The van der Waals surface area contributed by atoms with Gasteiger partial charge in [0.2, 0.25) is 0 Å². The van der Waals surface area contributed by atoms with Crippen LogP contribution in [-0.2, 0) is 9.53 Å². The molecule has 2 atom stereocenters. The lowest BCUT2D eigenvalue weighted by atomic mass is 10.1. The van der Waals surface area contributed by atoms with Gasteiger partial charge in [0.05, 0.1) is 4.92 Å². The molecule has 2 aliphatic rings. The Morgan fingerprint density at radius 1 is 1.44 bits per heavy atom. The van der Waals surface area contributed by atoms with E-state index >= 15 is 0 Å². The second kappa shape index (κ2) is 3.38. The van der Waals surface area contributed by atoms with Crippen LogP contribution in [-0.4, -0.2) is 22.3 Å². The first-order valence-electron chi connectivity index (χ1n) is 5.56. The third kappa shape index (κ3) is 1.42. The van der Waals surface area contributed by atoms with Gasteiger partial charge in [-0.3, -0.25) is 10.1 Å². The summed E-state index contributed by atoms with van der Waals surface area (Å²) in [5, 5.41) is 10.6. The molecule has 0 unspecified atom stereocenters. The molecule has 0 saturated heterocycles. The number of benzene rings is 1. The van der Waals surface area contributed by atoms with E-state index in [4.69, 9.17) is 4.74 Å². The Balaban J connectivity index is 1.87. The van der Waals surface area contributed by atoms with Crippen molar-refractivity contribution < 1.29 is 14.5 Å². The van der Waals surface area contributed by atoms with Crippen LogP contribution in [0.4, 0.5) is 5.69 Å². The fraction of sp³-hybridized carbons (Fsp3) is 0.333. The van der Waals surface area contributed by atoms with Gasteiger partial charge < -0.3 is 4.74 Å². The Hall–Kier alpha value is -2.24. The predicted molar refractivity (Wildman–Crippen MR) is 62.4 cm³/mol. The van der Waals surface area contributed by atoms with Gasteiger partial charge in [-0.05, 0) is 12.0 Å². The lowest BCUT2D eigenvalue weighted by molar-refractivity contribution is -0.384. The number of esters is 1. The maximum Gasteiger partial charge on any atom is 0.341 e. The average molecular weight is 246 g/mol. The summed E-state index contributed by atoms with van der Waals surface area (Å²) >= 11 is 0. The molecule has 0 radical (unpaired) electrons. The number of ether oxygens (including phenoxy) is 1. The lowest BCUT2D eigenvalue weighted by Crippen LogP contribution is -2.18. The molecule has 1 heterocycles. The van der Waals surface area contributed by atoms with Gasteiger partial charge in [-0.1, -0.05) is 12.1 Å². The van der Waals surface area contributed by atoms with E-state index in [-0.39, 0.29) is 17.6 Å². The molecular formula is C12H10N2O4. The molecule has 1 aliphatic carbocycles. The number of cyclic esters (lactones) is 1. The van der Waals surface area contributed by atoms with Crippen molar-refractivity contribution in [3.05, 3.63) is 39.9 Å². The average Bonchev–Trinajstić information content (AvgIpc) is 2.97. The number of hydrogen-bond acceptors (Lipinski definition) is 5. The van der Waals surface area contributed by atoms with Crippen molar-refractivity contribution in [3.63, 3.8) is 0 Å². The predicted octanol–water partition coefficient (Wildman–Crippen LogP) is 1.80. The summed E-state index contributed by atoms with van der Waals surface area (Å²) in [6.45, 7) is 1.65. The van der Waals surface area contributed by atoms with Gasteiger partial charge >= 0.3 is 5.97 Å². The van der Waals surface area contributed by atoms with Gasteiger partial charge in [0.1, 0.15) is 0 Å². The van der Waals surface area contributed by atoms with Crippen molar-refractivity contribution in [1.29, 1.82) is 0 Å². The highest BCUT2D eigenvalue weighted by Crippen LogP contribution is 2.57. The second-order valence-corrected chi connectivity index (χ2v) is 4.55. The van der Waals surface area contributed by atoms with Gasteiger partial charge in [-0.25, -0.2) is 9.79 Å². The molecule has 1 saturated carbocycles. The van der Waals surface area contributed by atoms with E-state index in [2.05, 4.69) is 4.99 Å². The van der Waals surface area contributed by atoms with Crippen molar-refractivity contribution in [1.82, 2.24) is 0 Å². The zero-order valence-electron chi connectivity index (χ0n) is 9.62. The quantitative estimate of drug-likeness (QED) is 0.452. The SMILES string of the molecule is CC1=N[C@@]2(C[C@H]2c2ccc([N+](=O)[O-])cc2)C(=O)O1. The van der Waals surface area contributed by atoms with Crippen molar-refractivity contribution in [3.8, 4) is 0 Å². The molecule has 0 bridgehead atoms. The highest BCUT2D eigenvalue weighted by Gasteiger charge is 2.65. The van der Waals surface area contributed by atoms with E-state index in [0.717, 1.165) is 5.56 Å². The number of nitro groups is 1. The molecular weight excluding hydrogens is 236 g/mol. The van der Waals surface area contributed by atoms with Crippen molar-refractivity contribution >= 4 is 17.6 Å². The molecule has 0 aromatic heterocycles. The van der Waals surface area contributed by atoms with Gasteiger partial charge in [-0.2, -0.15) is 0 Å². The minimum absolute atomic E-state index is 0.0248. The van der Waals surface area contributed by atoms with Crippen LogP contribution in [0, 0.1) is 10.1 Å². The number of hydrogen-bond donors (Lipinski definition) is 0. The largest absolute Gasteiger partial charge is 0.410 e.